The van der Waals surface area contributed by atoms with Crippen molar-refractivity contribution in [3.05, 3.63) is 60.6 Å². The molecule has 0 radical (unpaired) electrons. The van der Waals surface area contributed by atoms with Crippen LogP contribution in [0.2, 0.25) is 0 Å². The molecule has 200 valence electrons. The number of carbonyl (C=O) groups is 2. The Morgan fingerprint density at radius 1 is 1.16 bits per heavy atom. The van der Waals surface area contributed by atoms with Gasteiger partial charge in [-0.15, -0.1) is 0 Å². The molecule has 11 heteroatoms. The van der Waals surface area contributed by atoms with Crippen LogP contribution in [0.25, 0.3) is 0 Å². The molecule has 5 rings (SSSR count). The van der Waals surface area contributed by atoms with Crippen LogP contribution in [-0.2, 0) is 20.9 Å². The van der Waals surface area contributed by atoms with Crippen molar-refractivity contribution in [2.45, 2.75) is 51.0 Å². The molecule has 4 heterocycles. The lowest BCUT2D eigenvalue weighted by molar-refractivity contribution is -0.134. The van der Waals surface area contributed by atoms with Crippen molar-refractivity contribution in [1.29, 1.82) is 0 Å². The second-order valence-electron chi connectivity index (χ2n) is 9.66. The number of hydrogen-bond acceptors (Lipinski definition) is 8. The van der Waals surface area contributed by atoms with Crippen LogP contribution in [-0.4, -0.2) is 69.5 Å². The van der Waals surface area contributed by atoms with Crippen LogP contribution in [0.15, 0.2) is 55.0 Å². The van der Waals surface area contributed by atoms with Gasteiger partial charge >= 0.3 is 0 Å². The van der Waals surface area contributed by atoms with Crippen molar-refractivity contribution >= 4 is 23.3 Å². The Hall–Kier alpha value is -4.12. The standard InChI is InChI=1S/C27H32N6O5/c1-18-4-6-20(7-5-18)37-22-3-2-10-32(15-22)26(34)16-33-14-19(13-30-33)31-27(35)24-11-23(17-36-24)38-21-8-9-29-25(28)12-21/h4-9,12-14,22-24H,2-3,10-11,15-17H2,1H3,(H2,28,29)(H,31,35)/t22-,23?,24?/m0/s1. The van der Waals surface area contributed by atoms with Crippen molar-refractivity contribution in [2.75, 3.05) is 30.7 Å². The topological polar surface area (TPSA) is 134 Å². The van der Waals surface area contributed by atoms with E-state index >= 15 is 0 Å². The number of piperidine rings is 1. The van der Waals surface area contributed by atoms with E-state index in [9.17, 15) is 9.59 Å². The highest BCUT2D eigenvalue weighted by atomic mass is 16.6. The summed E-state index contributed by atoms with van der Waals surface area (Å²) in [6.07, 6.45) is 5.95. The van der Waals surface area contributed by atoms with E-state index in [0.717, 1.165) is 18.6 Å². The molecule has 1 aromatic carbocycles. The summed E-state index contributed by atoms with van der Waals surface area (Å²) in [6.45, 7) is 3.63. The third-order valence-corrected chi connectivity index (χ3v) is 6.56. The van der Waals surface area contributed by atoms with Gasteiger partial charge in [0.1, 0.15) is 42.2 Å². The first kappa shape index (κ1) is 25.5. The smallest absolute Gasteiger partial charge is 0.253 e. The average molecular weight is 521 g/mol. The number of anilines is 2. The molecule has 3 N–H and O–H groups in total. The van der Waals surface area contributed by atoms with Gasteiger partial charge in [-0.3, -0.25) is 14.3 Å². The Labute approximate surface area is 220 Å². The summed E-state index contributed by atoms with van der Waals surface area (Å²) in [5.74, 6) is 1.43. The second kappa shape index (κ2) is 11.5. The third kappa shape index (κ3) is 6.60. The quantitative estimate of drug-likeness (QED) is 0.463. The molecule has 2 unspecified atom stereocenters. The normalized spacial score (nSPS) is 21.2. The SMILES string of the molecule is Cc1ccc(O[C@H]2CCCN(C(=O)Cn3cc(NC(=O)C4CC(Oc5ccnc(N)c5)CO4)cn3)C2)cc1. The molecule has 2 fully saturated rings. The fraction of sp³-hybridized carbons (Fsp3) is 0.407. The predicted molar refractivity (Wildman–Crippen MR) is 140 cm³/mol. The van der Waals surface area contributed by atoms with Gasteiger partial charge in [-0.25, -0.2) is 4.98 Å². The first-order valence-electron chi connectivity index (χ1n) is 12.8. The van der Waals surface area contributed by atoms with Crippen molar-refractivity contribution in [1.82, 2.24) is 19.7 Å². The predicted octanol–water partition coefficient (Wildman–Crippen LogP) is 2.41. The molecule has 0 bridgehead atoms. The van der Waals surface area contributed by atoms with E-state index in [2.05, 4.69) is 15.4 Å². The summed E-state index contributed by atoms with van der Waals surface area (Å²) in [6, 6.07) is 11.3. The number of nitrogens with one attached hydrogen (secondary N) is 1. The third-order valence-electron chi connectivity index (χ3n) is 6.56. The summed E-state index contributed by atoms with van der Waals surface area (Å²) in [7, 11) is 0. The summed E-state index contributed by atoms with van der Waals surface area (Å²) in [5.41, 5.74) is 7.36. The molecule has 0 aliphatic carbocycles. The Bertz CT molecular complexity index is 1260. The Morgan fingerprint density at radius 2 is 1.97 bits per heavy atom. The van der Waals surface area contributed by atoms with Crippen molar-refractivity contribution < 1.29 is 23.8 Å². The molecular weight excluding hydrogens is 488 g/mol. The number of carbonyl (C=O) groups excluding carboxylic acids is 2. The Morgan fingerprint density at radius 3 is 2.79 bits per heavy atom. The number of rotatable bonds is 8. The van der Waals surface area contributed by atoms with Crippen LogP contribution in [0.3, 0.4) is 0 Å². The number of aromatic nitrogens is 3. The van der Waals surface area contributed by atoms with Gasteiger partial charge in [0, 0.05) is 31.4 Å². The highest BCUT2D eigenvalue weighted by molar-refractivity contribution is 5.94. The van der Waals surface area contributed by atoms with E-state index in [-0.39, 0.29) is 30.6 Å². The van der Waals surface area contributed by atoms with E-state index in [4.69, 9.17) is 19.9 Å². The summed E-state index contributed by atoms with van der Waals surface area (Å²) in [5, 5.41) is 7.06. The highest BCUT2D eigenvalue weighted by Crippen LogP contribution is 2.23. The minimum atomic E-state index is -0.650. The van der Waals surface area contributed by atoms with Gasteiger partial charge in [0.2, 0.25) is 5.91 Å². The number of ether oxygens (including phenoxy) is 3. The first-order valence-corrected chi connectivity index (χ1v) is 12.8. The van der Waals surface area contributed by atoms with E-state index in [0.29, 0.717) is 43.4 Å². The number of benzene rings is 1. The average Bonchev–Trinajstić information content (AvgIpc) is 3.55. The summed E-state index contributed by atoms with van der Waals surface area (Å²) in [4.78, 5) is 31.4. The maximum absolute atomic E-state index is 12.9. The van der Waals surface area contributed by atoms with Gasteiger partial charge in [-0.2, -0.15) is 5.10 Å². The molecule has 11 nitrogen and oxygen atoms in total. The van der Waals surface area contributed by atoms with Gasteiger partial charge in [0.25, 0.3) is 5.91 Å². The van der Waals surface area contributed by atoms with Crippen molar-refractivity contribution in [2.24, 2.45) is 0 Å². The molecule has 38 heavy (non-hydrogen) atoms. The number of amides is 2. The van der Waals surface area contributed by atoms with Gasteiger partial charge in [0.15, 0.2) is 0 Å². The van der Waals surface area contributed by atoms with Crippen LogP contribution < -0.4 is 20.5 Å². The van der Waals surface area contributed by atoms with E-state index in [1.165, 1.54) is 16.4 Å². The number of nitrogen functional groups attached to an aromatic ring is 1. The van der Waals surface area contributed by atoms with Crippen LogP contribution in [0.1, 0.15) is 24.8 Å². The van der Waals surface area contributed by atoms with Gasteiger partial charge in [-0.1, -0.05) is 17.7 Å². The zero-order valence-electron chi connectivity index (χ0n) is 21.3. The second-order valence-corrected chi connectivity index (χ2v) is 9.66. The number of hydrogen-bond donors (Lipinski definition) is 2. The molecular formula is C27H32N6O5. The molecule has 0 saturated carbocycles. The van der Waals surface area contributed by atoms with E-state index < -0.39 is 6.10 Å². The van der Waals surface area contributed by atoms with E-state index in [1.54, 1.807) is 24.5 Å². The van der Waals surface area contributed by atoms with Crippen LogP contribution in [0.5, 0.6) is 11.5 Å². The molecule has 2 aromatic heterocycles. The lowest BCUT2D eigenvalue weighted by Gasteiger charge is -2.33. The minimum Gasteiger partial charge on any atom is -0.489 e. The molecule has 2 saturated heterocycles. The van der Waals surface area contributed by atoms with Crippen LogP contribution in [0.4, 0.5) is 11.5 Å². The Kier molecular flexibility index (Phi) is 7.73. The zero-order chi connectivity index (χ0) is 26.5. The monoisotopic (exact) mass is 520 g/mol. The largest absolute Gasteiger partial charge is 0.489 e. The molecule has 3 atom stereocenters. The maximum Gasteiger partial charge on any atom is 0.253 e. The summed E-state index contributed by atoms with van der Waals surface area (Å²) >= 11 is 0. The maximum atomic E-state index is 12.9. The minimum absolute atomic E-state index is 0.0425. The van der Waals surface area contributed by atoms with Gasteiger partial charge in [0.05, 0.1) is 25.0 Å². The van der Waals surface area contributed by atoms with Crippen molar-refractivity contribution in [3.63, 3.8) is 0 Å². The number of nitrogens with two attached hydrogens (primary N) is 1. The molecule has 0 spiro atoms. The summed E-state index contributed by atoms with van der Waals surface area (Å²) < 4.78 is 19.1. The number of nitrogens with zero attached hydrogens (tertiary/aromatic N) is 4. The molecule has 2 aliphatic rings. The lowest BCUT2D eigenvalue weighted by atomic mass is 10.1. The number of likely N-dealkylation sites (tertiary alicyclic amines) is 1. The molecule has 3 aromatic rings. The number of aryl methyl sites for hydroxylation is 1. The fourth-order valence-corrected chi connectivity index (χ4v) is 4.60. The van der Waals surface area contributed by atoms with E-state index in [1.807, 2.05) is 36.1 Å². The zero-order valence-corrected chi connectivity index (χ0v) is 21.3. The molecule has 2 aliphatic heterocycles. The number of pyridine rings is 1. The lowest BCUT2D eigenvalue weighted by Crippen LogP contribution is -2.45. The fourth-order valence-electron chi connectivity index (χ4n) is 4.60. The van der Waals surface area contributed by atoms with Crippen LogP contribution >= 0.6 is 0 Å². The highest BCUT2D eigenvalue weighted by Gasteiger charge is 2.32. The molecule has 2 amide bonds. The first-order chi connectivity index (χ1) is 18.4. The Balaban J connectivity index is 1.08. The van der Waals surface area contributed by atoms with Gasteiger partial charge < -0.3 is 30.2 Å². The van der Waals surface area contributed by atoms with Crippen LogP contribution in [0, 0.1) is 6.92 Å². The van der Waals surface area contributed by atoms with Crippen molar-refractivity contribution in [3.8, 4) is 11.5 Å². The van der Waals surface area contributed by atoms with Gasteiger partial charge in [-0.05, 0) is 38.0 Å².